The van der Waals surface area contributed by atoms with Gasteiger partial charge in [0.15, 0.2) is 23.3 Å². The van der Waals surface area contributed by atoms with E-state index in [4.69, 9.17) is 0 Å². The fraction of sp³-hybridized carbons (Fsp3) is 0.231. The largest absolute Gasteiger partial charge is 0.371 e. The van der Waals surface area contributed by atoms with Gasteiger partial charge in [0.1, 0.15) is 0 Å². The van der Waals surface area contributed by atoms with Crippen LogP contribution in [0.25, 0.3) is 0 Å². The van der Waals surface area contributed by atoms with Crippen molar-refractivity contribution >= 4 is 11.6 Å². The molecule has 0 aromatic carbocycles. The molecule has 2 heterocycles. The highest BCUT2D eigenvalue weighted by molar-refractivity contribution is 5.48. The summed E-state index contributed by atoms with van der Waals surface area (Å²) in [6.45, 7) is 0.388. The molecule has 0 aliphatic heterocycles. The molecule has 4 nitrogen and oxygen atoms in total. The molecule has 6 heteroatoms. The van der Waals surface area contributed by atoms with E-state index in [1.54, 1.807) is 24.2 Å². The molecule has 0 spiro atoms. The van der Waals surface area contributed by atoms with Crippen molar-refractivity contribution in [2.45, 2.75) is 6.54 Å². The predicted molar refractivity (Wildman–Crippen MR) is 70.0 cm³/mol. The van der Waals surface area contributed by atoms with Crippen molar-refractivity contribution in [3.63, 3.8) is 0 Å². The van der Waals surface area contributed by atoms with Crippen molar-refractivity contribution in [3.05, 3.63) is 47.8 Å². The quantitative estimate of drug-likeness (QED) is 0.920. The van der Waals surface area contributed by atoms with Crippen LogP contribution in [0.5, 0.6) is 0 Å². The highest BCUT2D eigenvalue weighted by Gasteiger charge is 2.15. The van der Waals surface area contributed by atoms with E-state index in [1.165, 1.54) is 7.05 Å². The Hall–Kier alpha value is -2.24. The van der Waals surface area contributed by atoms with Gasteiger partial charge in [-0.05, 0) is 12.1 Å². The lowest BCUT2D eigenvalue weighted by molar-refractivity contribution is 0.572. The predicted octanol–water partition coefficient (Wildman–Crippen LogP) is 2.43. The first-order chi connectivity index (χ1) is 9.11. The zero-order valence-electron chi connectivity index (χ0n) is 10.7. The molecule has 0 aliphatic carbocycles. The Morgan fingerprint density at radius 1 is 1.26 bits per heavy atom. The van der Waals surface area contributed by atoms with E-state index >= 15 is 0 Å². The molecular weight excluding hydrogens is 250 g/mol. The Balaban J connectivity index is 2.26. The first-order valence-corrected chi connectivity index (χ1v) is 5.76. The number of nitrogens with one attached hydrogen (secondary N) is 1. The van der Waals surface area contributed by atoms with Crippen molar-refractivity contribution in [2.24, 2.45) is 0 Å². The molecule has 0 atom stereocenters. The number of halogens is 2. The van der Waals surface area contributed by atoms with Gasteiger partial charge in [0, 0.05) is 26.4 Å². The number of hydrogen-bond acceptors (Lipinski definition) is 4. The highest BCUT2D eigenvalue weighted by atomic mass is 19.1. The summed E-state index contributed by atoms with van der Waals surface area (Å²) in [4.78, 5) is 9.66. The second-order valence-corrected chi connectivity index (χ2v) is 4.05. The number of pyridine rings is 2. The third kappa shape index (κ3) is 2.96. The maximum atomic E-state index is 13.7. The first-order valence-electron chi connectivity index (χ1n) is 5.76. The summed E-state index contributed by atoms with van der Waals surface area (Å²) >= 11 is 0. The summed E-state index contributed by atoms with van der Waals surface area (Å²) in [5.41, 5.74) is 0.779. The van der Waals surface area contributed by atoms with E-state index < -0.39 is 11.6 Å². The summed E-state index contributed by atoms with van der Waals surface area (Å²) in [6, 6.07) is 6.31. The standard InChI is InChI=1S/C13H14F2N4/c1-16-12-10(14)7-11(15)13(18-12)19(2)8-9-5-3-4-6-17-9/h3-7H,8H2,1-2H3,(H,16,18). The second-order valence-electron chi connectivity index (χ2n) is 4.05. The van der Waals surface area contributed by atoms with Crippen LogP contribution in [0.4, 0.5) is 20.4 Å². The summed E-state index contributed by atoms with van der Waals surface area (Å²) < 4.78 is 27.1. The smallest absolute Gasteiger partial charge is 0.168 e. The van der Waals surface area contributed by atoms with Gasteiger partial charge in [-0.2, -0.15) is 0 Å². The number of nitrogens with zero attached hydrogens (tertiary/aromatic N) is 3. The van der Waals surface area contributed by atoms with E-state index in [2.05, 4.69) is 15.3 Å². The highest BCUT2D eigenvalue weighted by Crippen LogP contribution is 2.22. The van der Waals surface area contributed by atoms with Gasteiger partial charge >= 0.3 is 0 Å². The van der Waals surface area contributed by atoms with Crippen LogP contribution in [0.15, 0.2) is 30.5 Å². The van der Waals surface area contributed by atoms with Crippen LogP contribution in [0.1, 0.15) is 5.69 Å². The van der Waals surface area contributed by atoms with Gasteiger partial charge in [0.2, 0.25) is 0 Å². The van der Waals surface area contributed by atoms with Crippen LogP contribution < -0.4 is 10.2 Å². The Bertz CT molecular complexity index is 560. The van der Waals surface area contributed by atoms with Crippen LogP contribution in [0.2, 0.25) is 0 Å². The minimum absolute atomic E-state index is 0.0178. The third-order valence-corrected chi connectivity index (χ3v) is 2.63. The monoisotopic (exact) mass is 264 g/mol. The minimum Gasteiger partial charge on any atom is -0.371 e. The number of anilines is 2. The molecule has 0 bridgehead atoms. The van der Waals surface area contributed by atoms with E-state index in [9.17, 15) is 8.78 Å². The van der Waals surface area contributed by atoms with E-state index in [-0.39, 0.29) is 11.6 Å². The molecule has 0 unspecified atom stereocenters. The summed E-state index contributed by atoms with van der Waals surface area (Å²) in [6.07, 6.45) is 1.66. The Labute approximate surface area is 110 Å². The lowest BCUT2D eigenvalue weighted by Crippen LogP contribution is -2.20. The number of rotatable bonds is 4. The van der Waals surface area contributed by atoms with Gasteiger partial charge < -0.3 is 10.2 Å². The van der Waals surface area contributed by atoms with Gasteiger partial charge in [0.25, 0.3) is 0 Å². The van der Waals surface area contributed by atoms with E-state index in [0.717, 1.165) is 11.8 Å². The second kappa shape index (κ2) is 5.60. The third-order valence-electron chi connectivity index (χ3n) is 2.63. The van der Waals surface area contributed by atoms with Gasteiger partial charge in [-0.15, -0.1) is 0 Å². The molecular formula is C13H14F2N4. The molecule has 19 heavy (non-hydrogen) atoms. The normalized spacial score (nSPS) is 10.3. The number of hydrogen-bond donors (Lipinski definition) is 1. The van der Waals surface area contributed by atoms with Crippen molar-refractivity contribution in [1.29, 1.82) is 0 Å². The van der Waals surface area contributed by atoms with Gasteiger partial charge in [-0.3, -0.25) is 4.98 Å². The van der Waals surface area contributed by atoms with Gasteiger partial charge in [0.05, 0.1) is 12.2 Å². The lowest BCUT2D eigenvalue weighted by Gasteiger charge is -2.19. The molecule has 0 radical (unpaired) electrons. The molecule has 0 amide bonds. The topological polar surface area (TPSA) is 41.1 Å². The molecule has 2 rings (SSSR count). The van der Waals surface area contributed by atoms with Crippen LogP contribution in [0.3, 0.4) is 0 Å². The molecule has 0 saturated heterocycles. The molecule has 1 N–H and O–H groups in total. The minimum atomic E-state index is -0.713. The average molecular weight is 264 g/mol. The fourth-order valence-corrected chi connectivity index (χ4v) is 1.71. The Kier molecular flexibility index (Phi) is 3.89. The van der Waals surface area contributed by atoms with E-state index in [1.807, 2.05) is 12.1 Å². The maximum Gasteiger partial charge on any atom is 0.168 e. The van der Waals surface area contributed by atoms with Crippen molar-refractivity contribution in [2.75, 3.05) is 24.3 Å². The molecule has 0 saturated carbocycles. The van der Waals surface area contributed by atoms with Gasteiger partial charge in [-0.1, -0.05) is 6.07 Å². The Morgan fingerprint density at radius 2 is 2.05 bits per heavy atom. The van der Waals surface area contributed by atoms with Crippen molar-refractivity contribution < 1.29 is 8.78 Å². The fourth-order valence-electron chi connectivity index (χ4n) is 1.71. The molecule has 2 aromatic heterocycles. The SMILES string of the molecule is CNc1nc(N(C)Cc2ccccn2)c(F)cc1F. The molecule has 0 fully saturated rings. The maximum absolute atomic E-state index is 13.7. The van der Waals surface area contributed by atoms with Crippen molar-refractivity contribution in [3.8, 4) is 0 Å². The van der Waals surface area contributed by atoms with Crippen LogP contribution in [-0.4, -0.2) is 24.1 Å². The van der Waals surface area contributed by atoms with Crippen LogP contribution >= 0.6 is 0 Å². The van der Waals surface area contributed by atoms with Gasteiger partial charge in [-0.25, -0.2) is 13.8 Å². The molecule has 0 aliphatic rings. The van der Waals surface area contributed by atoms with Crippen molar-refractivity contribution in [1.82, 2.24) is 9.97 Å². The molecule has 2 aromatic rings. The number of aromatic nitrogens is 2. The zero-order chi connectivity index (χ0) is 13.8. The molecule has 100 valence electrons. The summed E-state index contributed by atoms with van der Waals surface area (Å²) in [7, 11) is 3.21. The zero-order valence-corrected chi connectivity index (χ0v) is 10.7. The first kappa shape index (κ1) is 13.2. The average Bonchev–Trinajstić information content (AvgIpc) is 2.40. The van der Waals surface area contributed by atoms with E-state index in [0.29, 0.717) is 6.54 Å². The van der Waals surface area contributed by atoms with Crippen LogP contribution in [0, 0.1) is 11.6 Å². The summed E-state index contributed by atoms with van der Waals surface area (Å²) in [5, 5.41) is 2.59. The Morgan fingerprint density at radius 3 is 2.68 bits per heavy atom. The lowest BCUT2D eigenvalue weighted by atomic mass is 10.3. The van der Waals surface area contributed by atoms with Crippen LogP contribution in [-0.2, 0) is 6.54 Å². The summed E-state index contributed by atoms with van der Waals surface area (Å²) in [5.74, 6) is -1.31.